The minimum atomic E-state index is -0.387. The van der Waals surface area contributed by atoms with Crippen LogP contribution in [0.4, 0.5) is 15.8 Å². The normalized spacial score (nSPS) is 11.0. The van der Waals surface area contributed by atoms with E-state index in [1.807, 2.05) is 6.08 Å². The average Bonchev–Trinajstić information content (AvgIpc) is 2.13. The van der Waals surface area contributed by atoms with Gasteiger partial charge in [-0.3, -0.25) is 0 Å². The Morgan fingerprint density at radius 2 is 2.07 bits per heavy atom. The molecule has 0 atom stereocenters. The van der Waals surface area contributed by atoms with Crippen LogP contribution in [0.5, 0.6) is 0 Å². The highest BCUT2D eigenvalue weighted by atomic mass is 35.5. The Hall–Kier alpha value is -1.22. The van der Waals surface area contributed by atoms with Crippen LogP contribution in [0, 0.1) is 5.82 Å². The molecule has 0 spiro atoms. The monoisotopic (exact) mass is 214 g/mol. The van der Waals surface area contributed by atoms with Crippen LogP contribution in [-0.2, 0) is 0 Å². The molecule has 4 N–H and O–H groups in total. The molecule has 0 aromatic heterocycles. The van der Waals surface area contributed by atoms with E-state index in [1.165, 1.54) is 12.1 Å². The van der Waals surface area contributed by atoms with E-state index in [2.05, 4.69) is 0 Å². The number of nitrogens with two attached hydrogens (primary N) is 2. The summed E-state index contributed by atoms with van der Waals surface area (Å²) in [5.74, 6) is 0.142. The first kappa shape index (κ1) is 10.9. The first-order valence-electron chi connectivity index (χ1n) is 4.22. The molecule has 4 heteroatoms. The third-order valence-electron chi connectivity index (χ3n) is 1.78. The van der Waals surface area contributed by atoms with Gasteiger partial charge in [0.2, 0.25) is 0 Å². The molecule has 0 aliphatic carbocycles. The fraction of sp³-hybridized carbons (Fsp3) is 0.200. The van der Waals surface area contributed by atoms with E-state index in [0.717, 1.165) is 6.42 Å². The molecule has 0 aliphatic rings. The molecule has 2 nitrogen and oxygen atoms in total. The zero-order valence-electron chi connectivity index (χ0n) is 7.63. The van der Waals surface area contributed by atoms with E-state index in [4.69, 9.17) is 23.1 Å². The van der Waals surface area contributed by atoms with Crippen molar-refractivity contribution in [3.05, 3.63) is 29.6 Å². The lowest BCUT2D eigenvalue weighted by atomic mass is 10.1. The van der Waals surface area contributed by atoms with Gasteiger partial charge in [-0.2, -0.15) is 0 Å². The van der Waals surface area contributed by atoms with E-state index in [1.54, 1.807) is 6.08 Å². The highest BCUT2D eigenvalue weighted by molar-refractivity contribution is 6.17. The van der Waals surface area contributed by atoms with Crippen molar-refractivity contribution in [2.45, 2.75) is 6.42 Å². The van der Waals surface area contributed by atoms with Crippen molar-refractivity contribution in [1.29, 1.82) is 0 Å². The number of rotatable bonds is 3. The summed E-state index contributed by atoms with van der Waals surface area (Å²) in [5, 5.41) is 0. The smallest absolute Gasteiger partial charge is 0.126 e. The molecule has 1 aromatic carbocycles. The van der Waals surface area contributed by atoms with Crippen LogP contribution < -0.4 is 11.5 Å². The predicted molar refractivity (Wildman–Crippen MR) is 59.6 cm³/mol. The summed E-state index contributed by atoms with van der Waals surface area (Å²) >= 11 is 5.49. The van der Waals surface area contributed by atoms with Crippen LogP contribution in [0.25, 0.3) is 6.08 Å². The second-order valence-electron chi connectivity index (χ2n) is 2.88. The third kappa shape index (κ3) is 2.64. The highest BCUT2D eigenvalue weighted by Gasteiger charge is 2.02. The van der Waals surface area contributed by atoms with Gasteiger partial charge in [0.15, 0.2) is 0 Å². The highest BCUT2D eigenvalue weighted by Crippen LogP contribution is 2.22. The lowest BCUT2D eigenvalue weighted by Gasteiger charge is -2.04. The molecule has 76 valence electrons. The van der Waals surface area contributed by atoms with E-state index in [9.17, 15) is 4.39 Å². The minimum absolute atomic E-state index is 0.260. The molecular weight excluding hydrogens is 203 g/mol. The zero-order valence-corrected chi connectivity index (χ0v) is 8.39. The molecule has 0 radical (unpaired) electrons. The molecule has 0 unspecified atom stereocenters. The van der Waals surface area contributed by atoms with Gasteiger partial charge in [0.05, 0.1) is 11.4 Å². The summed E-state index contributed by atoms with van der Waals surface area (Å²) in [6.07, 6.45) is 4.27. The number of hydrogen-bond donors (Lipinski definition) is 2. The van der Waals surface area contributed by atoms with E-state index in [0.29, 0.717) is 17.1 Å². The molecule has 0 saturated heterocycles. The Morgan fingerprint density at radius 1 is 1.36 bits per heavy atom. The van der Waals surface area contributed by atoms with Gasteiger partial charge in [0, 0.05) is 11.4 Å². The maximum absolute atomic E-state index is 12.9. The SMILES string of the molecule is Nc1cc(F)cc(C=CCCCl)c1N. The maximum Gasteiger partial charge on any atom is 0.126 e. The van der Waals surface area contributed by atoms with Gasteiger partial charge in [-0.1, -0.05) is 12.2 Å². The number of alkyl halides is 1. The van der Waals surface area contributed by atoms with Gasteiger partial charge in [0.25, 0.3) is 0 Å². The molecular formula is C10H12ClFN2. The lowest BCUT2D eigenvalue weighted by Crippen LogP contribution is -1.98. The molecule has 0 bridgehead atoms. The van der Waals surface area contributed by atoms with Gasteiger partial charge < -0.3 is 11.5 Å². The van der Waals surface area contributed by atoms with Crippen molar-refractivity contribution in [2.75, 3.05) is 17.3 Å². The fourth-order valence-electron chi connectivity index (χ4n) is 1.07. The standard InChI is InChI=1S/C10H12ClFN2/c11-4-2-1-3-7-5-8(12)6-9(13)10(7)14/h1,3,5-6H,2,4,13-14H2. The van der Waals surface area contributed by atoms with Gasteiger partial charge >= 0.3 is 0 Å². The van der Waals surface area contributed by atoms with Crippen molar-refractivity contribution in [3.8, 4) is 0 Å². The Balaban J connectivity index is 2.96. The Labute approximate surface area is 87.4 Å². The first-order chi connectivity index (χ1) is 6.65. The molecule has 0 aliphatic heterocycles. The Morgan fingerprint density at radius 3 is 2.71 bits per heavy atom. The molecule has 1 rings (SSSR count). The number of anilines is 2. The summed E-state index contributed by atoms with van der Waals surface area (Å²) in [7, 11) is 0. The third-order valence-corrected chi connectivity index (χ3v) is 2.00. The van der Waals surface area contributed by atoms with Crippen LogP contribution in [0.2, 0.25) is 0 Å². The maximum atomic E-state index is 12.9. The Kier molecular flexibility index (Phi) is 3.77. The van der Waals surface area contributed by atoms with Crippen LogP contribution in [0.1, 0.15) is 12.0 Å². The number of allylic oxidation sites excluding steroid dienone is 1. The van der Waals surface area contributed by atoms with Gasteiger partial charge in [-0.15, -0.1) is 11.6 Å². The van der Waals surface area contributed by atoms with E-state index < -0.39 is 0 Å². The van der Waals surface area contributed by atoms with Crippen LogP contribution in [0.3, 0.4) is 0 Å². The number of halogens is 2. The largest absolute Gasteiger partial charge is 0.397 e. The van der Waals surface area contributed by atoms with Crippen molar-refractivity contribution >= 4 is 29.1 Å². The Bertz CT molecular complexity index is 350. The van der Waals surface area contributed by atoms with Gasteiger partial charge in [-0.05, 0) is 18.6 Å². The van der Waals surface area contributed by atoms with Crippen molar-refractivity contribution in [3.63, 3.8) is 0 Å². The van der Waals surface area contributed by atoms with E-state index >= 15 is 0 Å². The zero-order chi connectivity index (χ0) is 10.6. The fourth-order valence-corrected chi connectivity index (χ4v) is 1.20. The molecule has 1 aromatic rings. The number of benzene rings is 1. The second kappa shape index (κ2) is 4.86. The number of nitrogen functional groups attached to an aromatic ring is 2. The summed E-state index contributed by atoms with van der Waals surface area (Å²) < 4.78 is 12.9. The molecule has 14 heavy (non-hydrogen) atoms. The summed E-state index contributed by atoms with van der Waals surface area (Å²) in [5.41, 5.74) is 12.4. The van der Waals surface area contributed by atoms with Crippen LogP contribution in [0.15, 0.2) is 18.2 Å². The first-order valence-corrected chi connectivity index (χ1v) is 4.75. The minimum Gasteiger partial charge on any atom is -0.397 e. The van der Waals surface area contributed by atoms with Gasteiger partial charge in [-0.25, -0.2) is 4.39 Å². The summed E-state index contributed by atoms with van der Waals surface area (Å²) in [6, 6.07) is 2.55. The predicted octanol–water partition coefficient (Wildman–Crippen LogP) is 2.63. The topological polar surface area (TPSA) is 52.0 Å². The molecule has 0 heterocycles. The van der Waals surface area contributed by atoms with Crippen LogP contribution in [-0.4, -0.2) is 5.88 Å². The second-order valence-corrected chi connectivity index (χ2v) is 3.26. The average molecular weight is 215 g/mol. The van der Waals surface area contributed by atoms with E-state index in [-0.39, 0.29) is 11.5 Å². The number of hydrogen-bond acceptors (Lipinski definition) is 2. The summed E-state index contributed by atoms with van der Waals surface area (Å²) in [4.78, 5) is 0. The van der Waals surface area contributed by atoms with Crippen molar-refractivity contribution < 1.29 is 4.39 Å². The summed E-state index contributed by atoms with van der Waals surface area (Å²) in [6.45, 7) is 0. The van der Waals surface area contributed by atoms with Crippen molar-refractivity contribution in [2.24, 2.45) is 0 Å². The van der Waals surface area contributed by atoms with Crippen LogP contribution >= 0.6 is 11.6 Å². The molecule has 0 amide bonds. The van der Waals surface area contributed by atoms with Gasteiger partial charge in [0.1, 0.15) is 5.82 Å². The molecule has 0 fully saturated rings. The lowest BCUT2D eigenvalue weighted by molar-refractivity contribution is 0.628. The molecule has 0 saturated carbocycles. The quantitative estimate of drug-likeness (QED) is 0.600. The van der Waals surface area contributed by atoms with Crippen molar-refractivity contribution in [1.82, 2.24) is 0 Å².